The number of benzene rings is 4. The van der Waals surface area contributed by atoms with Crippen molar-refractivity contribution in [1.82, 2.24) is 74.4 Å². The van der Waals surface area contributed by atoms with Gasteiger partial charge in [0, 0.05) is 195 Å². The molecule has 4 fully saturated rings. The number of nitrogen functional groups attached to an aromatic ring is 2. The van der Waals surface area contributed by atoms with E-state index in [1.807, 2.05) is 139 Å². The Morgan fingerprint density at radius 2 is 0.697 bits per heavy atom. The number of hydrogen-bond acceptors (Lipinski definition) is 26. The second-order valence-electron chi connectivity index (χ2n) is 28.2. The Bertz CT molecular complexity index is 4740. The Balaban J connectivity index is 0.000000272. The van der Waals surface area contributed by atoms with E-state index in [-0.39, 0.29) is 206 Å². The van der Waals surface area contributed by atoms with Gasteiger partial charge in [0.25, 0.3) is 6.47 Å². The third-order valence-electron chi connectivity index (χ3n) is 19.5. The number of nitrogens with two attached hydrogens (primary N) is 2. The van der Waals surface area contributed by atoms with E-state index >= 15 is 0 Å². The smallest absolute Gasteiger partial charge is 1.00 e. The summed E-state index contributed by atoms with van der Waals surface area (Å²) in [6.45, 7) is 18.0. The molecule has 4 amide bonds. The van der Waals surface area contributed by atoms with Crippen LogP contribution in [0.5, 0.6) is 40.6 Å². The number of anilines is 6. The van der Waals surface area contributed by atoms with Crippen molar-refractivity contribution in [3.63, 3.8) is 0 Å². The summed E-state index contributed by atoms with van der Waals surface area (Å²) in [5.74, 6) is 6.27. The number of hydrogen-bond donors (Lipinski definition) is 5. The zero-order chi connectivity index (χ0) is 85.0. The molecule has 0 unspecified atom stereocenters. The number of likely N-dealkylation sites (tertiary alicyclic amines) is 4. The molecule has 15 rings (SSSR count). The van der Waals surface area contributed by atoms with Gasteiger partial charge in [0.2, 0.25) is 47.2 Å². The van der Waals surface area contributed by atoms with Gasteiger partial charge in [-0.05, 0) is 204 Å². The van der Waals surface area contributed by atoms with Crippen molar-refractivity contribution in [3.8, 4) is 40.6 Å². The number of aryl methyl sites for hydroxylation is 3. The van der Waals surface area contributed by atoms with Crippen LogP contribution >= 0.6 is 11.6 Å². The Hall–Kier alpha value is -9.32. The SMILES string of the molecule is C.CC(=O)N1CCC(c2nccnc2F)CC1.CC(=O)N1CCC(c2nccnc2Oc2ccc(N)cc2)CC1.CC(=O)N1CCC(c2nccnc2Oc2ccc(Nc3ccc(C)cn3)cc2)CC1.CC(=O)N1CCC(c2nccnc2Oc2ccc(Nc3ccc(C)cn3)cc2)CC1.Cc1ccc(Cl)nc1.Nc1ccc(O)cc1.O=CO[O-].[Cs+].[Cs+].[H-]. The molecule has 0 atom stereocenters. The van der Waals surface area contributed by atoms with Crippen molar-refractivity contribution in [1.29, 1.82) is 0 Å². The molecule has 11 heterocycles. The van der Waals surface area contributed by atoms with Crippen LogP contribution in [-0.4, -0.2) is 162 Å². The second-order valence-corrected chi connectivity index (χ2v) is 28.5. The summed E-state index contributed by atoms with van der Waals surface area (Å²) in [7, 11) is 0. The van der Waals surface area contributed by atoms with Crippen LogP contribution in [0.3, 0.4) is 0 Å². The van der Waals surface area contributed by atoms with Gasteiger partial charge < -0.3 is 72.6 Å². The van der Waals surface area contributed by atoms with Crippen LogP contribution in [0.1, 0.15) is 151 Å². The summed E-state index contributed by atoms with van der Waals surface area (Å²) in [5, 5.41) is 24.2. The third-order valence-corrected chi connectivity index (χ3v) is 19.7. The maximum Gasteiger partial charge on any atom is 1.00 e. The van der Waals surface area contributed by atoms with Gasteiger partial charge in [0.05, 0.1) is 5.69 Å². The number of carbonyl (C=O) groups is 5. The number of aromatic nitrogens is 11. The molecular weight excluding hydrogens is 1820 g/mol. The standard InChI is InChI=1S/2C23H25N5O2.C17H20N4O2.C11H14FN3O.C6H6ClN.C6H7NO.CH2O3.CH4.2Cs.H/c2*1-16-3-8-21(26-15-16)27-19-4-6-20(7-5-19)30-23-22(24-11-12-25-23)18-9-13-28(14-10-18)17(2)29;1-12(22)21-10-6-13(7-11-21)16-17(20-9-8-19-16)23-15-4-2-14(18)3-5-15;1-8(16)15-6-2-9(3-7-15)10-11(12)14-5-4-13-10;1-5-2-3-6(7)8-4-5;7-5-1-3-6(8)4-2-5;2-1-4-3;;;;/h2*3-8,11-12,15,18H,9-10,13-14H2,1-2H3,(H,26,27);2-5,8-9,13H,6-7,10-11,18H2,1H3;4-5,9H,2-3,6-7H2,1H3;2-4H,1H3;1-4,8H,7H2;1,3H;1H4;;;/q;;;;;;;;2*+1;-1/p-1. The largest absolute Gasteiger partial charge is 1.00 e. The predicted octanol–water partition coefficient (Wildman–Crippen LogP) is 9.01. The van der Waals surface area contributed by atoms with Crippen LogP contribution in [-0.2, 0) is 28.9 Å². The molecule has 34 heteroatoms. The van der Waals surface area contributed by atoms with E-state index in [9.17, 15) is 23.6 Å². The first-order valence-corrected chi connectivity index (χ1v) is 39.1. The van der Waals surface area contributed by atoms with E-state index in [1.54, 1.807) is 118 Å². The molecule has 0 radical (unpaired) electrons. The summed E-state index contributed by atoms with van der Waals surface area (Å²) in [6, 6.07) is 40.6. The molecular formula is C88H103ClCs2FN19O11. The fourth-order valence-electron chi connectivity index (χ4n) is 12.9. The summed E-state index contributed by atoms with van der Waals surface area (Å²) in [6.07, 6.45) is 25.0. The maximum atomic E-state index is 13.4. The molecule has 122 heavy (non-hydrogen) atoms. The molecule has 7 N–H and O–H groups in total. The number of halogens is 2. The summed E-state index contributed by atoms with van der Waals surface area (Å²) in [4.78, 5) is 111. The molecule has 4 aliphatic heterocycles. The van der Waals surface area contributed by atoms with Crippen molar-refractivity contribution in [3.05, 3.63) is 252 Å². The number of nitrogens with one attached hydrogen (secondary N) is 2. The quantitative estimate of drug-likeness (QED) is 0.0159. The number of nitrogens with zero attached hydrogens (tertiary/aromatic N) is 15. The first kappa shape index (κ1) is 101. The van der Waals surface area contributed by atoms with E-state index in [2.05, 4.69) is 70.3 Å². The summed E-state index contributed by atoms with van der Waals surface area (Å²) < 4.78 is 31.4. The monoisotopic (exact) mass is 1920 g/mol. The fourth-order valence-corrected chi connectivity index (χ4v) is 13.1. The van der Waals surface area contributed by atoms with Crippen molar-refractivity contribution in [2.24, 2.45) is 0 Å². The summed E-state index contributed by atoms with van der Waals surface area (Å²) >= 11 is 5.50. The average Bonchev–Trinajstić information content (AvgIpc) is 0.828. The number of rotatable bonds is 15. The topological polar surface area (TPSA) is 396 Å². The molecule has 0 aliphatic carbocycles. The Morgan fingerprint density at radius 1 is 0.426 bits per heavy atom. The van der Waals surface area contributed by atoms with Crippen molar-refractivity contribution in [2.75, 3.05) is 74.5 Å². The van der Waals surface area contributed by atoms with Crippen molar-refractivity contribution >= 4 is 76.1 Å². The number of phenolic OH excluding ortho intramolecular Hbond substituents is 1. The normalized spacial score (nSPS) is 13.7. The molecule has 4 aliphatic rings. The molecule has 11 aromatic rings. The first-order chi connectivity index (χ1) is 57.5. The van der Waals surface area contributed by atoms with E-state index in [0.29, 0.717) is 70.2 Å². The molecule has 0 bridgehead atoms. The van der Waals surface area contributed by atoms with Gasteiger partial charge in [-0.1, -0.05) is 37.2 Å². The van der Waals surface area contributed by atoms with Crippen LogP contribution in [0.15, 0.2) is 202 Å². The number of carbonyl (C=O) groups excluding carboxylic acids is 5. The Morgan fingerprint density at radius 3 is 0.959 bits per heavy atom. The number of piperidine rings is 4. The first-order valence-electron chi connectivity index (χ1n) is 38.7. The molecule has 0 spiro atoms. The van der Waals surface area contributed by atoms with Crippen LogP contribution in [0.4, 0.5) is 38.8 Å². The predicted molar refractivity (Wildman–Crippen MR) is 455 cm³/mol. The zero-order valence-electron chi connectivity index (χ0n) is 70.4. The summed E-state index contributed by atoms with van der Waals surface area (Å²) in [5.41, 5.74) is 20.6. The van der Waals surface area contributed by atoms with E-state index in [4.69, 9.17) is 52.4 Å². The number of phenols is 1. The van der Waals surface area contributed by atoms with Crippen LogP contribution in [0.25, 0.3) is 0 Å². The molecule has 4 saturated heterocycles. The van der Waals surface area contributed by atoms with Crippen molar-refractivity contribution in [2.45, 2.75) is 131 Å². The Labute approximate surface area is 835 Å². The van der Waals surface area contributed by atoms with Crippen LogP contribution < -0.4 is 179 Å². The number of aromatic hydroxyl groups is 1. The van der Waals surface area contributed by atoms with Crippen LogP contribution in [0, 0.1) is 26.7 Å². The second kappa shape index (κ2) is 53.7. The average molecular weight is 1920 g/mol. The minimum atomic E-state index is -0.483. The fraction of sp³-hybridized carbons (Fsp3) is 0.318. The number of pyridine rings is 3. The van der Waals surface area contributed by atoms with Gasteiger partial charge >= 0.3 is 138 Å². The molecule has 4 aromatic carbocycles. The molecule has 632 valence electrons. The van der Waals surface area contributed by atoms with Gasteiger partial charge in [-0.2, -0.15) is 4.39 Å². The van der Waals surface area contributed by atoms with E-state index < -0.39 is 5.95 Å². The molecule has 0 saturated carbocycles. The van der Waals surface area contributed by atoms with Crippen molar-refractivity contribution < 1.29 is 197 Å². The molecule has 7 aromatic heterocycles. The van der Waals surface area contributed by atoms with Gasteiger partial charge in [0.15, 0.2) is 0 Å². The zero-order valence-corrected chi connectivity index (χ0v) is 82.7. The van der Waals surface area contributed by atoms with Gasteiger partial charge in [-0.25, -0.2) is 34.9 Å². The molecule has 30 nitrogen and oxygen atoms in total. The minimum absolute atomic E-state index is 0. The van der Waals surface area contributed by atoms with E-state index in [1.165, 1.54) is 12.4 Å². The van der Waals surface area contributed by atoms with Crippen LogP contribution in [0.2, 0.25) is 5.15 Å². The minimum Gasteiger partial charge on any atom is -1.00 e. The van der Waals surface area contributed by atoms with E-state index in [0.717, 1.165) is 147 Å². The third kappa shape index (κ3) is 34.1. The van der Waals surface area contributed by atoms with Gasteiger partial charge in [0.1, 0.15) is 56.9 Å². The number of amides is 4. The van der Waals surface area contributed by atoms with Gasteiger partial charge in [-0.15, -0.1) is 0 Å². The maximum absolute atomic E-state index is 13.4. The number of ether oxygens (including phenoxy) is 3. The Kier molecular flexibility index (Phi) is 44.6. The van der Waals surface area contributed by atoms with Gasteiger partial charge in [-0.3, -0.25) is 43.9 Å².